The molecule has 0 aromatic rings. The van der Waals surface area contributed by atoms with Crippen LogP contribution in [0.3, 0.4) is 0 Å². The number of nitrogens with one attached hydrogen (secondary N) is 2. The smallest absolute Gasteiger partial charge is 0.211 e. The van der Waals surface area contributed by atoms with Crippen molar-refractivity contribution >= 4 is 10.0 Å². The van der Waals surface area contributed by atoms with Crippen molar-refractivity contribution in [3.8, 4) is 0 Å². The summed E-state index contributed by atoms with van der Waals surface area (Å²) < 4.78 is 27.0. The van der Waals surface area contributed by atoms with Gasteiger partial charge in [0.25, 0.3) is 0 Å². The average Bonchev–Trinajstić information content (AvgIpc) is 2.73. The molecule has 0 aromatic heterocycles. The third-order valence-corrected chi connectivity index (χ3v) is 5.88. The first kappa shape index (κ1) is 14.3. The maximum absolute atomic E-state index is 12.0. The van der Waals surface area contributed by atoms with Gasteiger partial charge in [0.2, 0.25) is 10.0 Å². The second-order valence-electron chi connectivity index (χ2n) is 5.93. The second-order valence-corrected chi connectivity index (χ2v) is 7.81. The van der Waals surface area contributed by atoms with Gasteiger partial charge in [0.05, 0.1) is 5.75 Å². The Labute approximate surface area is 111 Å². The number of piperidine rings is 1. The molecule has 1 saturated carbocycles. The molecule has 106 valence electrons. The molecule has 4 nitrogen and oxygen atoms in total. The van der Waals surface area contributed by atoms with Crippen molar-refractivity contribution in [1.82, 2.24) is 10.0 Å². The fourth-order valence-electron chi connectivity index (χ4n) is 3.10. The zero-order valence-electron chi connectivity index (χ0n) is 11.3. The van der Waals surface area contributed by atoms with E-state index in [1.54, 1.807) is 0 Å². The van der Waals surface area contributed by atoms with Gasteiger partial charge in [0.15, 0.2) is 0 Å². The Bertz CT molecular complexity index is 350. The van der Waals surface area contributed by atoms with E-state index in [-0.39, 0.29) is 6.04 Å². The SMILES string of the molecule is CC1CCCC1NS(=O)(=O)CCC1CCNCC1. The molecule has 2 N–H and O–H groups in total. The van der Waals surface area contributed by atoms with Crippen LogP contribution < -0.4 is 10.0 Å². The molecular formula is C13H26N2O2S. The average molecular weight is 274 g/mol. The molecule has 18 heavy (non-hydrogen) atoms. The van der Waals surface area contributed by atoms with Gasteiger partial charge in [-0.2, -0.15) is 0 Å². The first-order valence-corrected chi connectivity index (χ1v) is 8.93. The van der Waals surface area contributed by atoms with Crippen LogP contribution in [-0.2, 0) is 10.0 Å². The number of rotatable bonds is 5. The molecule has 1 saturated heterocycles. The number of hydrogen-bond donors (Lipinski definition) is 2. The van der Waals surface area contributed by atoms with Crippen LogP contribution in [0.25, 0.3) is 0 Å². The van der Waals surface area contributed by atoms with Crippen LogP contribution >= 0.6 is 0 Å². The summed E-state index contributed by atoms with van der Waals surface area (Å²) in [5.74, 6) is 1.39. The standard InChI is InChI=1S/C13H26N2O2S/c1-11-3-2-4-13(11)15-18(16,17)10-7-12-5-8-14-9-6-12/h11-15H,2-10H2,1H3. The van der Waals surface area contributed by atoms with Crippen LogP contribution in [0.5, 0.6) is 0 Å². The molecule has 5 heteroatoms. The summed E-state index contributed by atoms with van der Waals surface area (Å²) in [6.45, 7) is 4.22. The maximum Gasteiger partial charge on any atom is 0.211 e. The Morgan fingerprint density at radius 2 is 1.89 bits per heavy atom. The Balaban J connectivity index is 1.76. The van der Waals surface area contributed by atoms with Gasteiger partial charge in [-0.25, -0.2) is 13.1 Å². The predicted octanol–water partition coefficient (Wildman–Crippen LogP) is 1.48. The van der Waals surface area contributed by atoms with Crippen LogP contribution in [0.15, 0.2) is 0 Å². The van der Waals surface area contributed by atoms with E-state index in [0.717, 1.165) is 51.6 Å². The Morgan fingerprint density at radius 3 is 2.50 bits per heavy atom. The molecule has 2 fully saturated rings. The van der Waals surface area contributed by atoms with Crippen molar-refractivity contribution in [3.63, 3.8) is 0 Å². The molecule has 2 aliphatic rings. The molecule has 2 rings (SSSR count). The third kappa shape index (κ3) is 4.21. The summed E-state index contributed by atoms with van der Waals surface area (Å²) in [6.07, 6.45) is 6.38. The van der Waals surface area contributed by atoms with Gasteiger partial charge >= 0.3 is 0 Å². The molecule has 0 bridgehead atoms. The topological polar surface area (TPSA) is 58.2 Å². The van der Waals surface area contributed by atoms with Crippen LogP contribution in [0.2, 0.25) is 0 Å². The zero-order valence-corrected chi connectivity index (χ0v) is 12.1. The molecule has 0 radical (unpaired) electrons. The minimum absolute atomic E-state index is 0.183. The van der Waals surface area contributed by atoms with Crippen molar-refractivity contribution in [1.29, 1.82) is 0 Å². The molecule has 1 aliphatic carbocycles. The number of sulfonamides is 1. The van der Waals surface area contributed by atoms with Gasteiger partial charge in [-0.15, -0.1) is 0 Å². The van der Waals surface area contributed by atoms with E-state index < -0.39 is 10.0 Å². The molecule has 1 aliphatic heterocycles. The highest BCUT2D eigenvalue weighted by Gasteiger charge is 2.27. The van der Waals surface area contributed by atoms with Crippen molar-refractivity contribution in [2.75, 3.05) is 18.8 Å². The first-order chi connectivity index (χ1) is 8.57. The Kier molecular flexibility index (Phi) is 5.04. The van der Waals surface area contributed by atoms with E-state index in [1.807, 2.05) is 0 Å². The van der Waals surface area contributed by atoms with Crippen LogP contribution in [0.4, 0.5) is 0 Å². The van der Waals surface area contributed by atoms with Gasteiger partial charge in [-0.05, 0) is 57.0 Å². The molecule has 0 aromatic carbocycles. The molecule has 0 amide bonds. The number of hydrogen-bond acceptors (Lipinski definition) is 3. The highest BCUT2D eigenvalue weighted by Crippen LogP contribution is 2.25. The van der Waals surface area contributed by atoms with Crippen LogP contribution in [0.1, 0.15) is 45.4 Å². The normalized spacial score (nSPS) is 30.7. The molecule has 2 unspecified atom stereocenters. The fourth-order valence-corrected chi connectivity index (χ4v) is 4.68. The fraction of sp³-hybridized carbons (Fsp3) is 1.00. The molecule has 1 heterocycles. The summed E-state index contributed by atoms with van der Waals surface area (Å²) in [7, 11) is -3.07. The largest absolute Gasteiger partial charge is 0.317 e. The van der Waals surface area contributed by atoms with Gasteiger partial charge in [-0.3, -0.25) is 0 Å². The van der Waals surface area contributed by atoms with Crippen molar-refractivity contribution in [2.45, 2.75) is 51.5 Å². The lowest BCUT2D eigenvalue weighted by Crippen LogP contribution is -2.38. The lowest BCUT2D eigenvalue weighted by molar-refractivity contribution is 0.364. The highest BCUT2D eigenvalue weighted by molar-refractivity contribution is 7.89. The van der Waals surface area contributed by atoms with Crippen molar-refractivity contribution in [3.05, 3.63) is 0 Å². The quantitative estimate of drug-likeness (QED) is 0.798. The lowest BCUT2D eigenvalue weighted by atomic mass is 9.96. The molecular weight excluding hydrogens is 248 g/mol. The monoisotopic (exact) mass is 274 g/mol. The van der Waals surface area contributed by atoms with Crippen LogP contribution in [0, 0.1) is 11.8 Å². The Hall–Kier alpha value is -0.130. The summed E-state index contributed by atoms with van der Waals surface area (Å²) in [5.41, 5.74) is 0. The first-order valence-electron chi connectivity index (χ1n) is 7.27. The lowest BCUT2D eigenvalue weighted by Gasteiger charge is -2.23. The summed E-state index contributed by atoms with van der Waals surface area (Å²) >= 11 is 0. The Morgan fingerprint density at radius 1 is 1.17 bits per heavy atom. The van der Waals surface area contributed by atoms with Gasteiger partial charge in [0.1, 0.15) is 0 Å². The van der Waals surface area contributed by atoms with E-state index in [1.165, 1.54) is 0 Å². The van der Waals surface area contributed by atoms with Gasteiger partial charge in [-0.1, -0.05) is 13.3 Å². The van der Waals surface area contributed by atoms with Crippen molar-refractivity contribution in [2.24, 2.45) is 11.8 Å². The van der Waals surface area contributed by atoms with Gasteiger partial charge in [0, 0.05) is 6.04 Å². The molecule has 0 spiro atoms. The predicted molar refractivity (Wildman–Crippen MR) is 73.9 cm³/mol. The minimum Gasteiger partial charge on any atom is -0.317 e. The maximum atomic E-state index is 12.0. The molecule has 2 atom stereocenters. The highest BCUT2D eigenvalue weighted by atomic mass is 32.2. The van der Waals surface area contributed by atoms with E-state index in [2.05, 4.69) is 17.0 Å². The van der Waals surface area contributed by atoms with Gasteiger partial charge < -0.3 is 5.32 Å². The van der Waals surface area contributed by atoms with E-state index in [9.17, 15) is 8.42 Å². The summed E-state index contributed by atoms with van der Waals surface area (Å²) in [4.78, 5) is 0. The van der Waals surface area contributed by atoms with E-state index in [4.69, 9.17) is 0 Å². The van der Waals surface area contributed by atoms with E-state index in [0.29, 0.717) is 17.6 Å². The third-order valence-electron chi connectivity index (χ3n) is 4.45. The van der Waals surface area contributed by atoms with E-state index >= 15 is 0 Å². The summed E-state index contributed by atoms with van der Waals surface area (Å²) in [5, 5.41) is 3.31. The second kappa shape index (κ2) is 6.35. The van der Waals surface area contributed by atoms with Crippen molar-refractivity contribution < 1.29 is 8.42 Å². The summed E-state index contributed by atoms with van der Waals surface area (Å²) in [6, 6.07) is 0.183. The zero-order chi connectivity index (χ0) is 13.0. The minimum atomic E-state index is -3.07. The van der Waals surface area contributed by atoms with Crippen LogP contribution in [-0.4, -0.2) is 33.3 Å².